The van der Waals surface area contributed by atoms with E-state index in [0.29, 0.717) is 12.8 Å². The maximum absolute atomic E-state index is 12.2. The molecule has 2 nitrogen and oxygen atoms in total. The van der Waals surface area contributed by atoms with Crippen molar-refractivity contribution in [3.63, 3.8) is 0 Å². The highest BCUT2D eigenvalue weighted by molar-refractivity contribution is 4.94. The summed E-state index contributed by atoms with van der Waals surface area (Å²) in [7, 11) is 0. The van der Waals surface area contributed by atoms with Crippen molar-refractivity contribution in [1.29, 1.82) is 0 Å². The second kappa shape index (κ2) is 3.46. The quantitative estimate of drug-likeness (QED) is 0.748. The summed E-state index contributed by atoms with van der Waals surface area (Å²) >= 11 is 0. The molecule has 1 rings (SSSR count). The second-order valence-corrected chi connectivity index (χ2v) is 3.55. The Morgan fingerprint density at radius 3 is 2.23 bits per heavy atom. The summed E-state index contributed by atoms with van der Waals surface area (Å²) in [5, 5.41) is 9.08. The number of hydrogen-bond donors (Lipinski definition) is 1. The first-order valence-corrected chi connectivity index (χ1v) is 4.25. The first-order chi connectivity index (χ1) is 5.92. The zero-order valence-corrected chi connectivity index (χ0v) is 7.40. The Balaban J connectivity index is 2.65. The molecule has 0 aromatic heterocycles. The van der Waals surface area contributed by atoms with Crippen LogP contribution in [0.2, 0.25) is 0 Å². The Hall–Kier alpha value is -0.290. The van der Waals surface area contributed by atoms with Gasteiger partial charge in [0.2, 0.25) is 0 Å². The normalized spacial score (nSPS) is 23.8. The highest BCUT2D eigenvalue weighted by Crippen LogP contribution is 2.42. The van der Waals surface area contributed by atoms with Gasteiger partial charge in [0, 0.05) is 0 Å². The molecular weight excluding hydrogens is 185 g/mol. The van der Waals surface area contributed by atoms with Crippen LogP contribution in [0.1, 0.15) is 19.8 Å². The SMILES string of the molecule is CCCC1(C(O)C(F)(F)F)COC1. The minimum Gasteiger partial charge on any atom is -0.383 e. The predicted molar refractivity (Wildman–Crippen MR) is 40.2 cm³/mol. The molecule has 0 aromatic carbocycles. The molecule has 1 aliphatic rings. The minimum absolute atomic E-state index is 0.0154. The smallest absolute Gasteiger partial charge is 0.383 e. The first-order valence-electron chi connectivity index (χ1n) is 4.25. The number of aliphatic hydroxyl groups excluding tert-OH is 1. The van der Waals surface area contributed by atoms with E-state index >= 15 is 0 Å². The van der Waals surface area contributed by atoms with Crippen molar-refractivity contribution in [2.24, 2.45) is 5.41 Å². The van der Waals surface area contributed by atoms with Crippen molar-refractivity contribution >= 4 is 0 Å². The highest BCUT2D eigenvalue weighted by Gasteiger charge is 2.56. The Kier molecular flexibility index (Phi) is 2.87. The minimum atomic E-state index is -4.53. The van der Waals surface area contributed by atoms with Crippen molar-refractivity contribution < 1.29 is 23.0 Å². The molecule has 1 atom stereocenters. The summed E-state index contributed by atoms with van der Waals surface area (Å²) in [5.74, 6) is 0. The van der Waals surface area contributed by atoms with Crippen molar-refractivity contribution in [2.45, 2.75) is 32.0 Å². The molecule has 0 radical (unpaired) electrons. The number of aliphatic hydroxyl groups is 1. The van der Waals surface area contributed by atoms with Crippen LogP contribution >= 0.6 is 0 Å². The van der Waals surface area contributed by atoms with Gasteiger partial charge in [-0.25, -0.2) is 0 Å². The molecule has 13 heavy (non-hydrogen) atoms. The van der Waals surface area contributed by atoms with E-state index in [1.807, 2.05) is 0 Å². The molecular formula is C8H13F3O2. The maximum atomic E-state index is 12.2. The van der Waals surface area contributed by atoms with Gasteiger partial charge in [-0.2, -0.15) is 13.2 Å². The van der Waals surface area contributed by atoms with Crippen LogP contribution < -0.4 is 0 Å². The average molecular weight is 198 g/mol. The lowest BCUT2D eigenvalue weighted by atomic mass is 9.76. The molecule has 1 aliphatic heterocycles. The first kappa shape index (κ1) is 10.8. The third kappa shape index (κ3) is 1.96. The molecule has 1 fully saturated rings. The summed E-state index contributed by atoms with van der Waals surface area (Å²) in [5.41, 5.74) is -1.08. The molecule has 1 N–H and O–H groups in total. The van der Waals surface area contributed by atoms with Crippen LogP contribution in [0, 0.1) is 5.41 Å². The van der Waals surface area contributed by atoms with Gasteiger partial charge < -0.3 is 9.84 Å². The molecule has 0 saturated carbocycles. The zero-order chi connectivity index (χ0) is 10.1. The van der Waals surface area contributed by atoms with E-state index in [4.69, 9.17) is 9.84 Å². The number of ether oxygens (including phenoxy) is 1. The monoisotopic (exact) mass is 198 g/mol. The molecule has 0 aromatic rings. The number of alkyl halides is 3. The van der Waals surface area contributed by atoms with Crippen molar-refractivity contribution in [2.75, 3.05) is 13.2 Å². The fraction of sp³-hybridized carbons (Fsp3) is 1.00. The standard InChI is InChI=1S/C8H13F3O2/c1-2-3-7(4-13-5-7)6(12)8(9,10)11/h6,12H,2-5H2,1H3. The van der Waals surface area contributed by atoms with Gasteiger partial charge in [0.05, 0.1) is 18.6 Å². The third-order valence-electron chi connectivity index (χ3n) is 2.42. The van der Waals surface area contributed by atoms with E-state index in [1.165, 1.54) is 0 Å². The van der Waals surface area contributed by atoms with Gasteiger partial charge in [0.15, 0.2) is 6.10 Å². The van der Waals surface area contributed by atoms with Gasteiger partial charge in [-0.05, 0) is 6.42 Å². The van der Waals surface area contributed by atoms with Gasteiger partial charge in [-0.15, -0.1) is 0 Å². The summed E-state index contributed by atoms with van der Waals surface area (Å²) in [6, 6.07) is 0. The van der Waals surface area contributed by atoms with Crippen LogP contribution in [0.5, 0.6) is 0 Å². The fourth-order valence-corrected chi connectivity index (χ4v) is 1.65. The van der Waals surface area contributed by atoms with E-state index in [0.717, 1.165) is 0 Å². The van der Waals surface area contributed by atoms with Crippen molar-refractivity contribution in [1.82, 2.24) is 0 Å². The highest BCUT2D eigenvalue weighted by atomic mass is 19.4. The van der Waals surface area contributed by atoms with Crippen LogP contribution in [0.25, 0.3) is 0 Å². The molecule has 78 valence electrons. The van der Waals surface area contributed by atoms with E-state index in [9.17, 15) is 13.2 Å². The Bertz CT molecular complexity index is 175. The van der Waals surface area contributed by atoms with Crippen molar-refractivity contribution in [3.05, 3.63) is 0 Å². The third-order valence-corrected chi connectivity index (χ3v) is 2.42. The van der Waals surface area contributed by atoms with Crippen LogP contribution in [0.15, 0.2) is 0 Å². The molecule has 1 unspecified atom stereocenters. The van der Waals surface area contributed by atoms with E-state index < -0.39 is 17.7 Å². The van der Waals surface area contributed by atoms with E-state index in [2.05, 4.69) is 0 Å². The molecule has 5 heteroatoms. The lowest BCUT2D eigenvalue weighted by Gasteiger charge is -2.45. The van der Waals surface area contributed by atoms with Crippen LogP contribution in [0.3, 0.4) is 0 Å². The molecule has 0 spiro atoms. The van der Waals surface area contributed by atoms with Crippen LogP contribution in [0.4, 0.5) is 13.2 Å². The van der Waals surface area contributed by atoms with Gasteiger partial charge in [-0.3, -0.25) is 0 Å². The fourth-order valence-electron chi connectivity index (χ4n) is 1.65. The Morgan fingerprint density at radius 1 is 1.46 bits per heavy atom. The lowest BCUT2D eigenvalue weighted by molar-refractivity contribution is -0.286. The topological polar surface area (TPSA) is 29.5 Å². The predicted octanol–water partition coefficient (Wildman–Crippen LogP) is 1.73. The van der Waals surface area contributed by atoms with E-state index in [-0.39, 0.29) is 13.2 Å². The Labute approximate surface area is 74.7 Å². The molecule has 0 bridgehead atoms. The second-order valence-electron chi connectivity index (χ2n) is 3.55. The van der Waals surface area contributed by atoms with Gasteiger partial charge >= 0.3 is 6.18 Å². The summed E-state index contributed by atoms with van der Waals surface area (Å²) in [4.78, 5) is 0. The average Bonchev–Trinajstić information content (AvgIpc) is 1.93. The molecule has 1 heterocycles. The lowest BCUT2D eigenvalue weighted by Crippen LogP contribution is -2.56. The molecule has 0 amide bonds. The van der Waals surface area contributed by atoms with Gasteiger partial charge in [-0.1, -0.05) is 13.3 Å². The summed E-state index contributed by atoms with van der Waals surface area (Å²) in [6.45, 7) is 1.83. The van der Waals surface area contributed by atoms with Crippen LogP contribution in [-0.4, -0.2) is 30.6 Å². The molecule has 1 saturated heterocycles. The number of halogens is 3. The van der Waals surface area contributed by atoms with Crippen molar-refractivity contribution in [3.8, 4) is 0 Å². The number of rotatable bonds is 3. The zero-order valence-electron chi connectivity index (χ0n) is 7.40. The summed E-state index contributed by atoms with van der Waals surface area (Å²) in [6.07, 6.45) is -5.79. The van der Waals surface area contributed by atoms with Gasteiger partial charge in [0.1, 0.15) is 0 Å². The number of hydrogen-bond acceptors (Lipinski definition) is 2. The Morgan fingerprint density at radius 2 is 2.00 bits per heavy atom. The van der Waals surface area contributed by atoms with Gasteiger partial charge in [0.25, 0.3) is 0 Å². The summed E-state index contributed by atoms with van der Waals surface area (Å²) < 4.78 is 41.3. The van der Waals surface area contributed by atoms with E-state index in [1.54, 1.807) is 6.92 Å². The molecule has 0 aliphatic carbocycles. The maximum Gasteiger partial charge on any atom is 0.415 e. The largest absolute Gasteiger partial charge is 0.415 e. The van der Waals surface area contributed by atoms with Crippen LogP contribution in [-0.2, 0) is 4.74 Å².